The molecule has 2 N–H and O–H groups in total. The Balaban J connectivity index is 1.51. The molecule has 1 unspecified atom stereocenters. The molecule has 0 saturated carbocycles. The third kappa shape index (κ3) is 6.07. The number of piperidine rings is 3. The Morgan fingerprint density at radius 1 is 1.07 bits per heavy atom. The van der Waals surface area contributed by atoms with Gasteiger partial charge in [-0.3, -0.25) is 9.88 Å². The van der Waals surface area contributed by atoms with Crippen LogP contribution in [0, 0.1) is 11.8 Å². The van der Waals surface area contributed by atoms with E-state index in [0.717, 1.165) is 43.3 Å². The molecule has 2 bridgehead atoms. The summed E-state index contributed by atoms with van der Waals surface area (Å²) in [6.07, 6.45) is -5.60. The first-order chi connectivity index (χ1) is 19.4. The van der Waals surface area contributed by atoms with E-state index < -0.39 is 41.2 Å². The SMILES string of the molecule is CC[C@H]1CN2CC[C@H]1C[C@@H]2[C@@H](NC(=O)Nc1cc(C(F)(F)F)cc(C(F)(F)F)c1)c1ccnc2ccc(OC)cc12. The molecule has 3 aromatic rings. The van der Waals surface area contributed by atoms with Crippen molar-refractivity contribution in [2.24, 2.45) is 11.8 Å². The molecule has 220 valence electrons. The highest BCUT2D eigenvalue weighted by Gasteiger charge is 2.44. The number of halogens is 6. The predicted octanol–water partition coefficient (Wildman–Crippen LogP) is 7.26. The lowest BCUT2D eigenvalue weighted by atomic mass is 9.72. The molecule has 1 aromatic heterocycles. The molecule has 0 radical (unpaired) electrons. The van der Waals surface area contributed by atoms with Crippen LogP contribution < -0.4 is 15.4 Å². The summed E-state index contributed by atoms with van der Waals surface area (Å²) in [7, 11) is 1.53. The van der Waals surface area contributed by atoms with Crippen molar-refractivity contribution in [3.8, 4) is 5.75 Å². The average Bonchev–Trinajstić information content (AvgIpc) is 2.94. The van der Waals surface area contributed by atoms with Crippen molar-refractivity contribution in [2.45, 2.75) is 50.6 Å². The van der Waals surface area contributed by atoms with Gasteiger partial charge in [0.05, 0.1) is 29.8 Å². The fourth-order valence-electron chi connectivity index (χ4n) is 6.25. The summed E-state index contributed by atoms with van der Waals surface area (Å²) in [4.78, 5) is 20.0. The maximum Gasteiger partial charge on any atom is 0.416 e. The van der Waals surface area contributed by atoms with Gasteiger partial charge in [0.2, 0.25) is 0 Å². The molecule has 5 atom stereocenters. The number of amides is 2. The van der Waals surface area contributed by atoms with E-state index in [9.17, 15) is 31.1 Å². The first-order valence-electron chi connectivity index (χ1n) is 13.4. The van der Waals surface area contributed by atoms with E-state index in [0.29, 0.717) is 35.2 Å². The van der Waals surface area contributed by atoms with Crippen LogP contribution in [0.2, 0.25) is 0 Å². The van der Waals surface area contributed by atoms with Gasteiger partial charge in [0, 0.05) is 29.9 Å². The van der Waals surface area contributed by atoms with Crippen LogP contribution in [0.15, 0.2) is 48.7 Å². The number of hydrogen-bond acceptors (Lipinski definition) is 4. The fourth-order valence-corrected chi connectivity index (χ4v) is 6.25. The number of urea groups is 1. The van der Waals surface area contributed by atoms with Gasteiger partial charge in [-0.05, 0) is 79.3 Å². The van der Waals surface area contributed by atoms with E-state index in [-0.39, 0.29) is 12.1 Å². The van der Waals surface area contributed by atoms with Gasteiger partial charge in [0.15, 0.2) is 0 Å². The zero-order chi connectivity index (χ0) is 29.5. The number of fused-ring (bicyclic) bond motifs is 4. The minimum absolute atomic E-state index is 0.0264. The van der Waals surface area contributed by atoms with Crippen molar-refractivity contribution < 1.29 is 35.9 Å². The molecule has 3 aliphatic rings. The van der Waals surface area contributed by atoms with E-state index in [2.05, 4.69) is 27.4 Å². The third-order valence-electron chi connectivity index (χ3n) is 8.29. The molecule has 3 aliphatic heterocycles. The number of carbonyl (C=O) groups excluding carboxylic acids is 1. The monoisotopic (exact) mass is 580 g/mol. The highest BCUT2D eigenvalue weighted by Crippen LogP contribution is 2.43. The number of carbonyl (C=O) groups is 1. The van der Waals surface area contributed by atoms with Gasteiger partial charge < -0.3 is 15.4 Å². The number of hydrogen-bond donors (Lipinski definition) is 2. The summed E-state index contributed by atoms with van der Waals surface area (Å²) in [5.74, 6) is 1.55. The summed E-state index contributed by atoms with van der Waals surface area (Å²) in [6, 6.07) is 6.48. The average molecular weight is 581 g/mol. The normalized spacial score (nSPS) is 23.3. The topological polar surface area (TPSA) is 66.5 Å². The Morgan fingerprint density at radius 3 is 2.37 bits per heavy atom. The summed E-state index contributed by atoms with van der Waals surface area (Å²) in [6.45, 7) is 3.83. The minimum atomic E-state index is -5.03. The molecule has 6 rings (SSSR count). The second-order valence-corrected chi connectivity index (χ2v) is 10.7. The number of aromatic nitrogens is 1. The maximum atomic E-state index is 13.4. The maximum absolute atomic E-state index is 13.4. The van der Waals surface area contributed by atoms with Crippen molar-refractivity contribution >= 4 is 22.6 Å². The number of nitrogens with one attached hydrogen (secondary N) is 2. The number of benzene rings is 2. The molecule has 0 aliphatic carbocycles. The summed E-state index contributed by atoms with van der Waals surface area (Å²) in [5.41, 5.74) is -2.23. The molecule has 41 heavy (non-hydrogen) atoms. The smallest absolute Gasteiger partial charge is 0.416 e. The van der Waals surface area contributed by atoms with E-state index in [1.54, 1.807) is 30.5 Å². The van der Waals surface area contributed by atoms with Crippen LogP contribution in [0.25, 0.3) is 10.9 Å². The second-order valence-electron chi connectivity index (χ2n) is 10.7. The predicted molar refractivity (Wildman–Crippen MR) is 142 cm³/mol. The molecular formula is C29H30F6N4O2. The van der Waals surface area contributed by atoms with Gasteiger partial charge in [-0.2, -0.15) is 26.3 Å². The molecule has 2 aromatic carbocycles. The standard InChI is InChI=1S/C29H30F6N4O2/c1-3-16-15-39-9-7-17(16)10-25(39)26(22-6-8-36-24-5-4-21(41-2)14-23(22)24)38-27(40)37-20-12-18(28(30,31)32)11-19(13-20)29(33,34)35/h4-6,8,11-14,16-17,25-26H,3,7,9-10,15H2,1-2H3,(H2,37,38,40)/t16-,17-,25+,26-/m0/s1. The summed E-state index contributed by atoms with van der Waals surface area (Å²) < 4.78 is 85.7. The lowest BCUT2D eigenvalue weighted by molar-refractivity contribution is -0.143. The van der Waals surface area contributed by atoms with Crippen LogP contribution >= 0.6 is 0 Å². The van der Waals surface area contributed by atoms with E-state index in [4.69, 9.17) is 4.74 Å². The van der Waals surface area contributed by atoms with E-state index in [1.165, 1.54) is 7.11 Å². The number of pyridine rings is 1. The second kappa shape index (κ2) is 11.0. The molecule has 0 spiro atoms. The van der Waals surface area contributed by atoms with Gasteiger partial charge in [-0.15, -0.1) is 0 Å². The minimum Gasteiger partial charge on any atom is -0.497 e. The van der Waals surface area contributed by atoms with Gasteiger partial charge >= 0.3 is 18.4 Å². The molecule has 2 amide bonds. The van der Waals surface area contributed by atoms with E-state index >= 15 is 0 Å². The van der Waals surface area contributed by atoms with Crippen molar-refractivity contribution in [3.05, 3.63) is 65.4 Å². The quantitative estimate of drug-likeness (QED) is 0.301. The van der Waals surface area contributed by atoms with Crippen LogP contribution in [-0.2, 0) is 12.4 Å². The number of ether oxygens (including phenoxy) is 1. The molecule has 12 heteroatoms. The largest absolute Gasteiger partial charge is 0.497 e. The molecule has 6 nitrogen and oxygen atoms in total. The molecular weight excluding hydrogens is 550 g/mol. The third-order valence-corrected chi connectivity index (χ3v) is 8.29. The molecule has 3 saturated heterocycles. The molecule has 4 heterocycles. The number of nitrogens with zero attached hydrogens (tertiary/aromatic N) is 2. The Labute approximate surface area is 233 Å². The first-order valence-corrected chi connectivity index (χ1v) is 13.4. The Bertz CT molecular complexity index is 1390. The highest BCUT2D eigenvalue weighted by molar-refractivity contribution is 5.91. The van der Waals surface area contributed by atoms with Gasteiger partial charge in [0.25, 0.3) is 0 Å². The number of anilines is 1. The Morgan fingerprint density at radius 2 is 1.78 bits per heavy atom. The molecule has 3 fully saturated rings. The van der Waals surface area contributed by atoms with Gasteiger partial charge in [0.1, 0.15) is 5.75 Å². The Kier molecular flexibility index (Phi) is 7.80. The zero-order valence-electron chi connectivity index (χ0n) is 22.4. The zero-order valence-corrected chi connectivity index (χ0v) is 22.4. The van der Waals surface area contributed by atoms with Gasteiger partial charge in [-0.1, -0.05) is 13.3 Å². The van der Waals surface area contributed by atoms with Crippen molar-refractivity contribution in [1.82, 2.24) is 15.2 Å². The van der Waals surface area contributed by atoms with Crippen molar-refractivity contribution in [1.29, 1.82) is 0 Å². The number of alkyl halides is 6. The van der Waals surface area contributed by atoms with Crippen LogP contribution in [-0.4, -0.2) is 42.2 Å². The number of methoxy groups -OCH3 is 1. The van der Waals surface area contributed by atoms with Crippen LogP contribution in [0.3, 0.4) is 0 Å². The lowest BCUT2D eigenvalue weighted by Crippen LogP contribution is -2.58. The lowest BCUT2D eigenvalue weighted by Gasteiger charge is -2.52. The summed E-state index contributed by atoms with van der Waals surface area (Å²) in [5, 5.41) is 5.85. The van der Waals surface area contributed by atoms with E-state index in [1.807, 2.05) is 0 Å². The summed E-state index contributed by atoms with van der Waals surface area (Å²) >= 11 is 0. The first kappa shape index (κ1) is 29.0. The Hall–Kier alpha value is -3.54. The highest BCUT2D eigenvalue weighted by atomic mass is 19.4. The fraction of sp³-hybridized carbons (Fsp3) is 0.448. The van der Waals surface area contributed by atoms with Crippen LogP contribution in [0.4, 0.5) is 36.8 Å². The number of rotatable bonds is 6. The van der Waals surface area contributed by atoms with Crippen LogP contribution in [0.1, 0.15) is 48.9 Å². The van der Waals surface area contributed by atoms with Crippen LogP contribution in [0.5, 0.6) is 5.75 Å². The van der Waals surface area contributed by atoms with Crippen molar-refractivity contribution in [3.63, 3.8) is 0 Å². The van der Waals surface area contributed by atoms with Crippen molar-refractivity contribution in [2.75, 3.05) is 25.5 Å². The van der Waals surface area contributed by atoms with Gasteiger partial charge in [-0.25, -0.2) is 4.79 Å².